The number of nitrogens with zero attached hydrogens (tertiary/aromatic N) is 1. The largest absolute Gasteiger partial charge is 0.350 e. The molecule has 2 aromatic rings. The predicted octanol–water partition coefficient (Wildman–Crippen LogP) is 3.13. The molecule has 1 aromatic heterocycles. The Labute approximate surface area is 103 Å². The first kappa shape index (κ1) is 11.9. The molecule has 2 nitrogen and oxygen atoms in total. The summed E-state index contributed by atoms with van der Waals surface area (Å²) in [5.74, 6) is 0. The Kier molecular flexibility index (Phi) is 3.64. The number of rotatable bonds is 4. The summed E-state index contributed by atoms with van der Waals surface area (Å²) in [7, 11) is 1.99. The van der Waals surface area contributed by atoms with Crippen molar-refractivity contribution in [2.24, 2.45) is 0 Å². The lowest BCUT2D eigenvalue weighted by molar-refractivity contribution is 0.649. The Hall–Kier alpha value is -1.54. The Bertz CT molecular complexity index is 468. The highest BCUT2D eigenvalue weighted by molar-refractivity contribution is 5.23. The molecule has 0 bridgehead atoms. The van der Waals surface area contributed by atoms with Crippen molar-refractivity contribution >= 4 is 0 Å². The molecular weight excluding hydrogens is 208 g/mol. The molecule has 1 unspecified atom stereocenters. The number of nitrogens with one attached hydrogen (secondary N) is 1. The van der Waals surface area contributed by atoms with Crippen molar-refractivity contribution in [2.45, 2.75) is 26.4 Å². The summed E-state index contributed by atoms with van der Waals surface area (Å²) in [6, 6.07) is 11.3. The van der Waals surface area contributed by atoms with Gasteiger partial charge in [-0.15, -0.1) is 0 Å². The zero-order chi connectivity index (χ0) is 12.3. The molecule has 1 heterocycles. The van der Waals surface area contributed by atoms with Crippen LogP contribution < -0.4 is 5.32 Å². The fraction of sp³-hybridized carbons (Fsp3) is 0.333. The van der Waals surface area contributed by atoms with Crippen LogP contribution in [0.15, 0.2) is 42.7 Å². The van der Waals surface area contributed by atoms with Crippen LogP contribution in [0.4, 0.5) is 0 Å². The molecule has 0 radical (unpaired) electrons. The van der Waals surface area contributed by atoms with Crippen LogP contribution in [-0.4, -0.2) is 11.6 Å². The van der Waals surface area contributed by atoms with Crippen LogP contribution >= 0.6 is 0 Å². The molecule has 0 fully saturated rings. The molecule has 0 amide bonds. The predicted molar refractivity (Wildman–Crippen MR) is 72.2 cm³/mol. The van der Waals surface area contributed by atoms with Gasteiger partial charge in [-0.3, -0.25) is 0 Å². The molecule has 0 saturated heterocycles. The van der Waals surface area contributed by atoms with Crippen LogP contribution in [0.3, 0.4) is 0 Å². The van der Waals surface area contributed by atoms with Gasteiger partial charge in [0.25, 0.3) is 0 Å². The smallest absolute Gasteiger partial charge is 0.0470 e. The number of hydrogen-bond donors (Lipinski definition) is 1. The minimum Gasteiger partial charge on any atom is -0.350 e. The van der Waals surface area contributed by atoms with E-state index in [-0.39, 0.29) is 0 Å². The summed E-state index contributed by atoms with van der Waals surface area (Å²) >= 11 is 0. The van der Waals surface area contributed by atoms with E-state index in [4.69, 9.17) is 0 Å². The van der Waals surface area contributed by atoms with Crippen LogP contribution in [0, 0.1) is 6.92 Å². The van der Waals surface area contributed by atoms with Crippen LogP contribution in [0.1, 0.15) is 29.7 Å². The fourth-order valence-electron chi connectivity index (χ4n) is 1.88. The zero-order valence-electron chi connectivity index (χ0n) is 10.8. The first-order chi connectivity index (χ1) is 8.19. The molecule has 1 atom stereocenters. The number of benzene rings is 1. The molecule has 2 heteroatoms. The second-order valence-electron chi connectivity index (χ2n) is 4.61. The maximum atomic E-state index is 3.25. The van der Waals surface area contributed by atoms with E-state index in [1.807, 2.05) is 7.05 Å². The molecule has 0 saturated carbocycles. The van der Waals surface area contributed by atoms with Crippen molar-refractivity contribution in [3.8, 4) is 0 Å². The van der Waals surface area contributed by atoms with Crippen molar-refractivity contribution in [3.63, 3.8) is 0 Å². The molecule has 17 heavy (non-hydrogen) atoms. The molecule has 0 spiro atoms. The van der Waals surface area contributed by atoms with E-state index in [1.165, 1.54) is 16.7 Å². The van der Waals surface area contributed by atoms with Gasteiger partial charge in [-0.05, 0) is 38.1 Å². The quantitative estimate of drug-likeness (QED) is 0.850. The van der Waals surface area contributed by atoms with Gasteiger partial charge in [0.1, 0.15) is 0 Å². The highest BCUT2D eigenvalue weighted by atomic mass is 14.9. The zero-order valence-corrected chi connectivity index (χ0v) is 10.8. The summed E-state index contributed by atoms with van der Waals surface area (Å²) in [5.41, 5.74) is 3.99. The molecule has 0 aliphatic heterocycles. The monoisotopic (exact) mass is 228 g/mol. The van der Waals surface area contributed by atoms with E-state index in [0.29, 0.717) is 6.04 Å². The van der Waals surface area contributed by atoms with Crippen LogP contribution in [0.25, 0.3) is 0 Å². The highest BCUT2D eigenvalue weighted by Gasteiger charge is 2.04. The van der Waals surface area contributed by atoms with Crippen molar-refractivity contribution in [1.29, 1.82) is 0 Å². The minimum absolute atomic E-state index is 0.411. The summed E-state index contributed by atoms with van der Waals surface area (Å²) < 4.78 is 2.23. The molecule has 0 aliphatic carbocycles. The van der Waals surface area contributed by atoms with Gasteiger partial charge in [0.2, 0.25) is 0 Å². The van der Waals surface area contributed by atoms with Gasteiger partial charge in [0, 0.05) is 25.0 Å². The molecule has 90 valence electrons. The number of aryl methyl sites for hydroxylation is 1. The standard InChI is InChI=1S/C15H20N2/c1-12-4-6-14(7-5-12)10-17-9-8-15(11-17)13(2)16-3/h4-9,11,13,16H,10H2,1-3H3. The first-order valence-corrected chi connectivity index (χ1v) is 6.07. The van der Waals surface area contributed by atoms with E-state index >= 15 is 0 Å². The van der Waals surface area contributed by atoms with Gasteiger partial charge in [0.05, 0.1) is 0 Å². The second kappa shape index (κ2) is 5.19. The topological polar surface area (TPSA) is 17.0 Å². The number of hydrogen-bond acceptors (Lipinski definition) is 1. The van der Waals surface area contributed by atoms with Crippen molar-refractivity contribution in [1.82, 2.24) is 9.88 Å². The van der Waals surface area contributed by atoms with Gasteiger partial charge in [-0.25, -0.2) is 0 Å². The van der Waals surface area contributed by atoms with Crippen molar-refractivity contribution < 1.29 is 0 Å². The third kappa shape index (κ3) is 2.98. The van der Waals surface area contributed by atoms with E-state index in [0.717, 1.165) is 6.54 Å². The summed E-state index contributed by atoms with van der Waals surface area (Å²) in [5, 5.41) is 3.25. The van der Waals surface area contributed by atoms with E-state index in [1.54, 1.807) is 0 Å². The second-order valence-corrected chi connectivity index (χ2v) is 4.61. The third-order valence-corrected chi connectivity index (χ3v) is 3.19. The lowest BCUT2D eigenvalue weighted by Gasteiger charge is -2.07. The summed E-state index contributed by atoms with van der Waals surface area (Å²) in [4.78, 5) is 0. The maximum Gasteiger partial charge on any atom is 0.0470 e. The Morgan fingerprint density at radius 2 is 1.88 bits per heavy atom. The minimum atomic E-state index is 0.411. The fourth-order valence-corrected chi connectivity index (χ4v) is 1.88. The van der Waals surface area contributed by atoms with Crippen molar-refractivity contribution in [2.75, 3.05) is 7.05 Å². The molecule has 1 aromatic carbocycles. The van der Waals surface area contributed by atoms with Crippen LogP contribution in [0.2, 0.25) is 0 Å². The average Bonchev–Trinajstić information content (AvgIpc) is 2.80. The summed E-state index contributed by atoms with van der Waals surface area (Å²) in [6.45, 7) is 5.23. The van der Waals surface area contributed by atoms with Crippen molar-refractivity contribution in [3.05, 3.63) is 59.4 Å². The van der Waals surface area contributed by atoms with E-state index < -0.39 is 0 Å². The van der Waals surface area contributed by atoms with Gasteiger partial charge < -0.3 is 9.88 Å². The van der Waals surface area contributed by atoms with Gasteiger partial charge in [-0.1, -0.05) is 29.8 Å². The van der Waals surface area contributed by atoms with Crippen LogP contribution in [0.5, 0.6) is 0 Å². The number of aromatic nitrogens is 1. The van der Waals surface area contributed by atoms with Gasteiger partial charge >= 0.3 is 0 Å². The van der Waals surface area contributed by atoms with Crippen LogP contribution in [-0.2, 0) is 6.54 Å². The molecule has 1 N–H and O–H groups in total. The van der Waals surface area contributed by atoms with Gasteiger partial charge in [0.15, 0.2) is 0 Å². The van der Waals surface area contributed by atoms with E-state index in [2.05, 4.69) is 66.5 Å². The SMILES string of the molecule is CNC(C)c1ccn(Cc2ccc(C)cc2)c1. The van der Waals surface area contributed by atoms with Gasteiger partial charge in [-0.2, -0.15) is 0 Å². The lowest BCUT2D eigenvalue weighted by atomic mass is 10.1. The Morgan fingerprint density at radius 3 is 2.53 bits per heavy atom. The summed E-state index contributed by atoms with van der Waals surface area (Å²) in [6.07, 6.45) is 4.35. The Balaban J connectivity index is 2.08. The lowest BCUT2D eigenvalue weighted by Crippen LogP contribution is -2.11. The Morgan fingerprint density at radius 1 is 1.18 bits per heavy atom. The molecule has 0 aliphatic rings. The molecule has 2 rings (SSSR count). The maximum absolute atomic E-state index is 3.25. The molecular formula is C15H20N2. The van der Waals surface area contributed by atoms with E-state index in [9.17, 15) is 0 Å². The normalized spacial score (nSPS) is 12.6. The highest BCUT2D eigenvalue weighted by Crippen LogP contribution is 2.13. The first-order valence-electron chi connectivity index (χ1n) is 6.07. The third-order valence-electron chi connectivity index (χ3n) is 3.19. The average molecular weight is 228 g/mol.